The molecule has 0 aromatic heterocycles. The maximum Gasteiger partial charge on any atom is 0.267 e. The third-order valence-corrected chi connectivity index (χ3v) is 4.06. The molecular formula is C15H32O4S. The van der Waals surface area contributed by atoms with Crippen LogP contribution in [-0.4, -0.2) is 31.9 Å². The first-order valence-corrected chi connectivity index (χ1v) is 9.70. The Morgan fingerprint density at radius 2 is 1.20 bits per heavy atom. The summed E-state index contributed by atoms with van der Waals surface area (Å²) in [6.07, 6.45) is 14.2. The van der Waals surface area contributed by atoms with Crippen LogP contribution in [0.4, 0.5) is 0 Å². The third kappa shape index (κ3) is 17.9. The van der Waals surface area contributed by atoms with E-state index in [0.717, 1.165) is 12.8 Å². The molecule has 0 rings (SSSR count). The van der Waals surface area contributed by atoms with E-state index in [2.05, 4.69) is 6.92 Å². The Morgan fingerprint density at radius 1 is 0.750 bits per heavy atom. The summed E-state index contributed by atoms with van der Waals surface area (Å²) < 4.78 is 34.5. The van der Waals surface area contributed by atoms with Gasteiger partial charge in [0.05, 0.1) is 12.4 Å². The molecule has 122 valence electrons. The fourth-order valence-corrected chi connectivity index (χ4v) is 2.46. The largest absolute Gasteiger partial charge is 0.380 e. The monoisotopic (exact) mass is 308 g/mol. The Morgan fingerprint density at radius 3 is 1.65 bits per heavy atom. The van der Waals surface area contributed by atoms with Crippen LogP contribution in [0.25, 0.3) is 0 Å². The van der Waals surface area contributed by atoms with Gasteiger partial charge in [0.2, 0.25) is 0 Å². The zero-order valence-corrected chi connectivity index (χ0v) is 13.8. The molecule has 0 spiro atoms. The van der Waals surface area contributed by atoms with Crippen molar-refractivity contribution in [1.29, 1.82) is 0 Å². The first-order valence-electron chi connectivity index (χ1n) is 8.09. The van der Waals surface area contributed by atoms with Gasteiger partial charge in [0.15, 0.2) is 0 Å². The molecule has 0 aliphatic carbocycles. The van der Waals surface area contributed by atoms with Gasteiger partial charge in [0.1, 0.15) is 0 Å². The lowest BCUT2D eigenvalue weighted by molar-refractivity contribution is 0.143. The average molecular weight is 308 g/mol. The molecule has 0 unspecified atom stereocenters. The van der Waals surface area contributed by atoms with E-state index in [1.54, 1.807) is 0 Å². The molecule has 0 saturated carbocycles. The van der Waals surface area contributed by atoms with Gasteiger partial charge in [-0.15, -0.1) is 0 Å². The van der Waals surface area contributed by atoms with Gasteiger partial charge < -0.3 is 4.74 Å². The quantitative estimate of drug-likeness (QED) is 0.364. The van der Waals surface area contributed by atoms with Crippen molar-refractivity contribution in [3.8, 4) is 0 Å². The molecule has 0 fully saturated rings. The molecule has 1 N–H and O–H groups in total. The van der Waals surface area contributed by atoms with Gasteiger partial charge in [-0.25, -0.2) is 0 Å². The second-order valence-corrected chi connectivity index (χ2v) is 7.01. The van der Waals surface area contributed by atoms with Gasteiger partial charge in [-0.1, -0.05) is 71.1 Å². The fourth-order valence-electron chi connectivity index (χ4n) is 2.13. The highest BCUT2D eigenvalue weighted by Gasteiger charge is 2.02. The second-order valence-electron chi connectivity index (χ2n) is 5.43. The van der Waals surface area contributed by atoms with Gasteiger partial charge in [-0.3, -0.25) is 4.55 Å². The third-order valence-electron chi connectivity index (χ3n) is 3.38. The predicted octanol–water partition coefficient (Wildman–Crippen LogP) is 4.20. The minimum absolute atomic E-state index is 0.0938. The summed E-state index contributed by atoms with van der Waals surface area (Å²) in [5, 5.41) is 0. The predicted molar refractivity (Wildman–Crippen MR) is 83.7 cm³/mol. The molecule has 0 heterocycles. The fraction of sp³-hybridized carbons (Fsp3) is 1.00. The van der Waals surface area contributed by atoms with Crippen LogP contribution in [0.2, 0.25) is 0 Å². The van der Waals surface area contributed by atoms with Crippen molar-refractivity contribution in [3.63, 3.8) is 0 Å². The van der Waals surface area contributed by atoms with Crippen molar-refractivity contribution >= 4 is 10.1 Å². The maximum absolute atomic E-state index is 10.4. The SMILES string of the molecule is CCCCCCCCCCCCCOCCS(=O)(=O)O. The first-order chi connectivity index (χ1) is 9.56. The van der Waals surface area contributed by atoms with Crippen LogP contribution in [0.1, 0.15) is 77.6 Å². The minimum atomic E-state index is -3.87. The Bertz CT molecular complexity index is 288. The molecule has 0 aromatic rings. The second kappa shape index (κ2) is 13.8. The van der Waals surface area contributed by atoms with E-state index in [9.17, 15) is 8.42 Å². The molecule has 0 aliphatic heterocycles. The lowest BCUT2D eigenvalue weighted by Gasteiger charge is -2.04. The van der Waals surface area contributed by atoms with Crippen LogP contribution in [-0.2, 0) is 14.9 Å². The number of rotatable bonds is 15. The van der Waals surface area contributed by atoms with Gasteiger partial charge in [-0.05, 0) is 6.42 Å². The van der Waals surface area contributed by atoms with Gasteiger partial charge in [-0.2, -0.15) is 8.42 Å². The Kier molecular flexibility index (Phi) is 13.7. The van der Waals surface area contributed by atoms with E-state index in [0.29, 0.717) is 6.61 Å². The van der Waals surface area contributed by atoms with Crippen molar-refractivity contribution in [2.75, 3.05) is 19.0 Å². The molecule has 0 saturated heterocycles. The maximum atomic E-state index is 10.4. The van der Waals surface area contributed by atoms with Crippen LogP contribution in [0, 0.1) is 0 Å². The highest BCUT2D eigenvalue weighted by molar-refractivity contribution is 7.85. The Labute approximate surface area is 125 Å². The molecular weight excluding hydrogens is 276 g/mol. The van der Waals surface area contributed by atoms with E-state index in [1.807, 2.05) is 0 Å². The molecule has 0 atom stereocenters. The van der Waals surface area contributed by atoms with E-state index >= 15 is 0 Å². The summed E-state index contributed by atoms with van der Waals surface area (Å²) in [4.78, 5) is 0. The minimum Gasteiger partial charge on any atom is -0.380 e. The van der Waals surface area contributed by atoms with E-state index in [4.69, 9.17) is 9.29 Å². The van der Waals surface area contributed by atoms with Gasteiger partial charge in [0, 0.05) is 6.61 Å². The number of hydrogen-bond acceptors (Lipinski definition) is 3. The van der Waals surface area contributed by atoms with Crippen molar-refractivity contribution in [3.05, 3.63) is 0 Å². The van der Waals surface area contributed by atoms with Gasteiger partial charge >= 0.3 is 0 Å². The zero-order valence-electron chi connectivity index (χ0n) is 13.0. The molecule has 0 amide bonds. The normalized spacial score (nSPS) is 11.9. The molecule has 20 heavy (non-hydrogen) atoms. The van der Waals surface area contributed by atoms with E-state index in [1.165, 1.54) is 57.8 Å². The summed E-state index contributed by atoms with van der Waals surface area (Å²) in [7, 11) is -3.87. The average Bonchev–Trinajstić information content (AvgIpc) is 2.38. The summed E-state index contributed by atoms with van der Waals surface area (Å²) in [6.45, 7) is 2.93. The van der Waals surface area contributed by atoms with E-state index < -0.39 is 10.1 Å². The number of unbranched alkanes of at least 4 members (excludes halogenated alkanes) is 10. The standard InChI is InChI=1S/C15H32O4S/c1-2-3-4-5-6-7-8-9-10-11-12-13-19-14-15-20(16,17)18/h2-15H2,1H3,(H,16,17,18). The topological polar surface area (TPSA) is 63.6 Å². The van der Waals surface area contributed by atoms with Crippen LogP contribution >= 0.6 is 0 Å². The van der Waals surface area contributed by atoms with Gasteiger partial charge in [0.25, 0.3) is 10.1 Å². The van der Waals surface area contributed by atoms with Crippen LogP contribution in [0.15, 0.2) is 0 Å². The molecule has 5 heteroatoms. The zero-order chi connectivity index (χ0) is 15.1. The first kappa shape index (κ1) is 19.9. The smallest absolute Gasteiger partial charge is 0.267 e. The van der Waals surface area contributed by atoms with Crippen LogP contribution in [0.3, 0.4) is 0 Å². The van der Waals surface area contributed by atoms with E-state index in [-0.39, 0.29) is 12.4 Å². The molecule has 4 nitrogen and oxygen atoms in total. The van der Waals surface area contributed by atoms with Crippen LogP contribution in [0.5, 0.6) is 0 Å². The van der Waals surface area contributed by atoms with Crippen molar-refractivity contribution in [2.24, 2.45) is 0 Å². The highest BCUT2D eigenvalue weighted by atomic mass is 32.2. The molecule has 0 aliphatic rings. The molecule has 0 radical (unpaired) electrons. The Hall–Kier alpha value is -0.130. The molecule has 0 bridgehead atoms. The van der Waals surface area contributed by atoms with Crippen molar-refractivity contribution in [2.45, 2.75) is 77.6 Å². The summed E-state index contributed by atoms with van der Waals surface area (Å²) in [5.74, 6) is -0.301. The van der Waals surface area contributed by atoms with Crippen molar-refractivity contribution < 1.29 is 17.7 Å². The summed E-state index contributed by atoms with van der Waals surface area (Å²) in [5.41, 5.74) is 0. The number of ether oxygens (including phenoxy) is 1. The lowest BCUT2D eigenvalue weighted by atomic mass is 10.1. The molecule has 0 aromatic carbocycles. The van der Waals surface area contributed by atoms with Crippen molar-refractivity contribution in [1.82, 2.24) is 0 Å². The van der Waals surface area contributed by atoms with Crippen LogP contribution < -0.4 is 0 Å². The number of hydrogen-bond donors (Lipinski definition) is 1. The Balaban J connectivity index is 3.03. The summed E-state index contributed by atoms with van der Waals surface area (Å²) >= 11 is 0. The highest BCUT2D eigenvalue weighted by Crippen LogP contribution is 2.11. The lowest BCUT2D eigenvalue weighted by Crippen LogP contribution is -2.11. The summed E-state index contributed by atoms with van der Waals surface area (Å²) in [6, 6.07) is 0.